The molecule has 1 aliphatic heterocycles. The van der Waals surface area contributed by atoms with Gasteiger partial charge in [-0.25, -0.2) is 9.36 Å². The van der Waals surface area contributed by atoms with Gasteiger partial charge < -0.3 is 14.2 Å². The highest BCUT2D eigenvalue weighted by molar-refractivity contribution is 8.76. The highest BCUT2D eigenvalue weighted by Crippen LogP contribution is 2.52. The van der Waals surface area contributed by atoms with Gasteiger partial charge in [-0.05, 0) is 12.5 Å². The largest absolute Gasteiger partial charge is 0.477 e. The maximum atomic E-state index is 13.4. The summed E-state index contributed by atoms with van der Waals surface area (Å²) >= 11 is 0. The van der Waals surface area contributed by atoms with Crippen molar-refractivity contribution in [3.8, 4) is 0 Å². The minimum absolute atomic E-state index is 0.0303. The Morgan fingerprint density at radius 3 is 1.90 bits per heavy atom. The maximum Gasteiger partial charge on any atom is 0.477 e. The average Bonchev–Trinajstić information content (AvgIpc) is 3.39. The maximum absolute atomic E-state index is 13.4. The van der Waals surface area contributed by atoms with Crippen molar-refractivity contribution < 1.29 is 47.1 Å². The van der Waals surface area contributed by atoms with E-state index in [2.05, 4.69) is 11.9 Å². The van der Waals surface area contributed by atoms with E-state index in [9.17, 15) is 18.9 Å². The molecule has 2 N–H and O–H groups in total. The number of hydrogen-bond acceptors (Lipinski definition) is 15. The summed E-state index contributed by atoms with van der Waals surface area (Å²) in [5.41, 5.74) is 0.860. The molecule has 17 heteroatoms. The molecule has 0 radical (unpaired) electrons. The Hall–Kier alpha value is -1.65. The summed E-state index contributed by atoms with van der Waals surface area (Å²) in [5, 5.41) is 9.06. The standard InChI is InChI=1S/C33H58N3O11PS2/c1-5-6-7-8-9-10-11-12-13-14-15-16-17-18-19-20-24-49-50-25-23-43-48(41,42-4)47-32-30(45-27(3)38)29(44-26(2)37)31(46-32)36-22-21-28(35-40)34-33(36)39/h21-22,29-32,40H,5-20,23-25H2,1-4H3,(H,34,35,39)/t29-,30-,31?,32?,48?/m1/s1. The van der Waals surface area contributed by atoms with Gasteiger partial charge in [0, 0.05) is 38.7 Å². The van der Waals surface area contributed by atoms with Crippen molar-refractivity contribution in [1.29, 1.82) is 0 Å². The minimum atomic E-state index is -4.25. The third kappa shape index (κ3) is 17.7. The molecule has 2 rings (SSSR count). The van der Waals surface area contributed by atoms with Crippen LogP contribution in [0.25, 0.3) is 0 Å². The van der Waals surface area contributed by atoms with E-state index >= 15 is 0 Å². The molecule has 14 nitrogen and oxygen atoms in total. The molecule has 3 unspecified atom stereocenters. The molecule has 0 bridgehead atoms. The van der Waals surface area contributed by atoms with E-state index in [1.165, 1.54) is 109 Å². The summed E-state index contributed by atoms with van der Waals surface area (Å²) in [4.78, 5) is 40.2. The molecule has 1 aromatic heterocycles. The predicted molar refractivity (Wildman–Crippen MR) is 195 cm³/mol. The van der Waals surface area contributed by atoms with E-state index in [-0.39, 0.29) is 12.4 Å². The zero-order valence-corrected chi connectivity index (χ0v) is 32.6. The molecule has 0 spiro atoms. The lowest BCUT2D eigenvalue weighted by molar-refractivity contribution is -0.173. The SMILES string of the molecule is CCCCCCCCCCCCCCCCCCSSCCOP(=O)(OC)OC1OC(n2ccc(NO)nc2=O)[C@H](OC(C)=O)[C@H]1OC(C)=O. The zero-order chi connectivity index (χ0) is 36.6. The fourth-order valence-electron chi connectivity index (χ4n) is 5.48. The average molecular weight is 768 g/mol. The monoisotopic (exact) mass is 767 g/mol. The minimum Gasteiger partial charge on any atom is -0.453 e. The smallest absolute Gasteiger partial charge is 0.453 e. The molecule has 1 fully saturated rings. The summed E-state index contributed by atoms with van der Waals surface area (Å²) in [7, 11) is 0.186. The summed E-state index contributed by atoms with van der Waals surface area (Å²) in [6.07, 6.45) is 16.7. The van der Waals surface area contributed by atoms with Gasteiger partial charge in [-0.2, -0.15) is 4.98 Å². The van der Waals surface area contributed by atoms with Gasteiger partial charge in [-0.3, -0.25) is 38.4 Å². The Bertz CT molecular complexity index is 1210. The van der Waals surface area contributed by atoms with Crippen molar-refractivity contribution in [2.45, 2.75) is 148 Å². The molecule has 1 saturated heterocycles. The Labute approximate surface area is 304 Å². The number of hydrogen-bond donors (Lipinski definition) is 2. The summed E-state index contributed by atoms with van der Waals surface area (Å²) in [5.74, 6) is -0.178. The highest BCUT2D eigenvalue weighted by atomic mass is 33.1. The van der Waals surface area contributed by atoms with Gasteiger partial charge in [0.25, 0.3) is 0 Å². The van der Waals surface area contributed by atoms with Crippen molar-refractivity contribution in [2.75, 3.05) is 30.7 Å². The number of aromatic nitrogens is 2. The number of phosphoric acid groups is 1. The second-order valence-corrected chi connectivity index (χ2v) is 16.6. The Morgan fingerprint density at radius 2 is 1.40 bits per heavy atom. The fourth-order valence-corrected chi connectivity index (χ4v) is 8.57. The van der Waals surface area contributed by atoms with Gasteiger partial charge in [0.1, 0.15) is 0 Å². The first kappa shape index (κ1) is 44.5. The quantitative estimate of drug-likeness (QED) is 0.0262. The summed E-state index contributed by atoms with van der Waals surface area (Å²) in [6.45, 7) is 4.53. The second-order valence-electron chi connectivity index (χ2n) is 12.2. The third-order valence-electron chi connectivity index (χ3n) is 8.01. The summed E-state index contributed by atoms with van der Waals surface area (Å²) in [6, 6.07) is 1.25. The first-order valence-electron chi connectivity index (χ1n) is 17.9. The van der Waals surface area contributed by atoms with Crippen molar-refractivity contribution in [2.24, 2.45) is 0 Å². The molecular weight excluding hydrogens is 709 g/mol. The molecule has 0 aliphatic carbocycles. The van der Waals surface area contributed by atoms with Gasteiger partial charge in [-0.1, -0.05) is 125 Å². The van der Waals surface area contributed by atoms with E-state index < -0.39 is 50.2 Å². The van der Waals surface area contributed by atoms with Gasteiger partial charge >= 0.3 is 25.5 Å². The number of unbranched alkanes of at least 4 members (excludes halogenated alkanes) is 15. The topological polar surface area (TPSA) is 174 Å². The van der Waals surface area contributed by atoms with Crippen LogP contribution < -0.4 is 11.2 Å². The molecule has 50 heavy (non-hydrogen) atoms. The van der Waals surface area contributed by atoms with Crippen molar-refractivity contribution in [3.63, 3.8) is 0 Å². The van der Waals surface area contributed by atoms with E-state index in [0.29, 0.717) is 5.75 Å². The number of carbonyl (C=O) groups is 2. The van der Waals surface area contributed by atoms with Crippen LogP contribution >= 0.6 is 29.4 Å². The molecule has 0 aromatic carbocycles. The number of nitrogens with one attached hydrogen (secondary N) is 1. The van der Waals surface area contributed by atoms with Gasteiger partial charge in [-0.15, -0.1) is 0 Å². The van der Waals surface area contributed by atoms with Crippen LogP contribution in [-0.4, -0.2) is 70.4 Å². The Balaban J connectivity index is 1.68. The van der Waals surface area contributed by atoms with E-state index in [1.807, 2.05) is 0 Å². The van der Waals surface area contributed by atoms with Crippen LogP contribution in [0, 0.1) is 0 Å². The van der Waals surface area contributed by atoms with E-state index in [4.69, 9.17) is 33.0 Å². The van der Waals surface area contributed by atoms with Crippen molar-refractivity contribution in [3.05, 3.63) is 22.7 Å². The number of anilines is 1. The highest BCUT2D eigenvalue weighted by Gasteiger charge is 2.54. The van der Waals surface area contributed by atoms with Crippen molar-refractivity contribution >= 4 is 47.2 Å². The molecule has 1 aromatic rings. The summed E-state index contributed by atoms with van der Waals surface area (Å²) < 4.78 is 46.9. The molecule has 0 amide bonds. The second kappa shape index (κ2) is 26.2. The third-order valence-corrected chi connectivity index (χ3v) is 11.9. The lowest BCUT2D eigenvalue weighted by Crippen LogP contribution is -2.41. The fraction of sp³-hybridized carbons (Fsp3) is 0.818. The number of phosphoric ester groups is 1. The lowest BCUT2D eigenvalue weighted by Gasteiger charge is -2.24. The van der Waals surface area contributed by atoms with Gasteiger partial charge in [0.15, 0.2) is 24.3 Å². The molecular formula is C33H58N3O11PS2. The van der Waals surface area contributed by atoms with Gasteiger partial charge in [0.2, 0.25) is 6.29 Å². The number of ether oxygens (including phenoxy) is 3. The number of esters is 2. The Kier molecular flexibility index (Phi) is 23.3. The van der Waals surface area contributed by atoms with Crippen LogP contribution in [0.2, 0.25) is 0 Å². The molecule has 2 heterocycles. The lowest BCUT2D eigenvalue weighted by atomic mass is 10.0. The van der Waals surface area contributed by atoms with E-state index in [0.717, 1.165) is 37.7 Å². The van der Waals surface area contributed by atoms with Crippen LogP contribution in [0.5, 0.6) is 0 Å². The first-order chi connectivity index (χ1) is 24.1. The van der Waals surface area contributed by atoms with Crippen LogP contribution in [0.15, 0.2) is 17.1 Å². The van der Waals surface area contributed by atoms with Crippen molar-refractivity contribution in [1.82, 2.24) is 9.55 Å². The van der Waals surface area contributed by atoms with E-state index in [1.54, 1.807) is 27.1 Å². The van der Waals surface area contributed by atoms with Crippen LogP contribution in [-0.2, 0) is 41.9 Å². The zero-order valence-electron chi connectivity index (χ0n) is 30.1. The molecule has 0 saturated carbocycles. The van der Waals surface area contributed by atoms with Crippen LogP contribution in [0.1, 0.15) is 130 Å². The molecule has 5 atom stereocenters. The van der Waals surface area contributed by atoms with Gasteiger partial charge in [0.05, 0.1) is 6.61 Å². The first-order valence-corrected chi connectivity index (χ1v) is 21.8. The number of carbonyl (C=O) groups excluding carboxylic acids is 2. The molecule has 1 aliphatic rings. The van der Waals surface area contributed by atoms with Crippen LogP contribution in [0.4, 0.5) is 5.82 Å². The van der Waals surface area contributed by atoms with Crippen LogP contribution in [0.3, 0.4) is 0 Å². The number of rotatable bonds is 29. The Morgan fingerprint density at radius 1 is 0.880 bits per heavy atom. The predicted octanol–water partition coefficient (Wildman–Crippen LogP) is 8.19. The normalized spacial score (nSPS) is 20.0. The number of nitrogens with zero attached hydrogens (tertiary/aromatic N) is 2. The molecule has 288 valence electrons.